The predicted molar refractivity (Wildman–Crippen MR) is 186 cm³/mol. The Morgan fingerprint density at radius 1 is 0.878 bits per heavy atom. The molecular formula is C38H59N5O6. The fraction of sp³-hybridized carbons (Fsp3) is 0.789. The maximum Gasteiger partial charge on any atom is 0.316 e. The van der Waals surface area contributed by atoms with Gasteiger partial charge >= 0.3 is 6.03 Å². The standard InChI is InChI=1S/C38H59N5O6/c1-6-14-26(31(45)34(47)39-21-7-2)40-33(46)29-27-25(37(27,3)4)22-43(29)35(48)32(38(5)19-12-9-13-20-38)42-36(49)41-28(30(44)24-17-18-24)23-15-10-8-11-16-23/h7,23-29,32H,2,6,8-22H2,1,3-5H3,(H,39,47)(H,40,46)(H2,41,42,49)/t25-,26?,27-,28-,29-,32+/m0/s1. The van der Waals surface area contributed by atoms with Gasteiger partial charge in [-0.05, 0) is 73.5 Å². The number of nitrogens with zero attached hydrogens (tertiary/aromatic N) is 1. The number of hydrogen-bond donors (Lipinski definition) is 4. The lowest BCUT2D eigenvalue weighted by atomic mass is 9.70. The van der Waals surface area contributed by atoms with Crippen LogP contribution in [0.4, 0.5) is 4.79 Å². The summed E-state index contributed by atoms with van der Waals surface area (Å²) in [5, 5.41) is 11.5. The topological polar surface area (TPSA) is 154 Å². The predicted octanol–water partition coefficient (Wildman–Crippen LogP) is 4.19. The summed E-state index contributed by atoms with van der Waals surface area (Å²) in [5.41, 5.74) is -0.698. The molecule has 272 valence electrons. The number of nitrogens with one attached hydrogen (secondary N) is 4. The van der Waals surface area contributed by atoms with Crippen molar-refractivity contribution in [3.8, 4) is 0 Å². The Bertz CT molecular complexity index is 1300. The van der Waals surface area contributed by atoms with Gasteiger partial charge < -0.3 is 26.2 Å². The molecule has 11 nitrogen and oxygen atoms in total. The lowest BCUT2D eigenvalue weighted by Gasteiger charge is -2.43. The van der Waals surface area contributed by atoms with E-state index in [0.29, 0.717) is 13.0 Å². The van der Waals surface area contributed by atoms with E-state index in [1.165, 1.54) is 6.08 Å². The van der Waals surface area contributed by atoms with Crippen LogP contribution in [0.2, 0.25) is 0 Å². The van der Waals surface area contributed by atoms with Gasteiger partial charge in [0.25, 0.3) is 5.91 Å². The molecular weight excluding hydrogens is 622 g/mol. The molecule has 1 heterocycles. The Balaban J connectivity index is 1.37. The zero-order chi connectivity index (χ0) is 35.5. The number of carbonyl (C=O) groups is 6. The lowest BCUT2D eigenvalue weighted by Crippen LogP contribution is -2.63. The van der Waals surface area contributed by atoms with Crippen molar-refractivity contribution in [2.75, 3.05) is 13.1 Å². The van der Waals surface area contributed by atoms with Crippen molar-refractivity contribution in [2.24, 2.45) is 34.5 Å². The van der Waals surface area contributed by atoms with Crippen LogP contribution in [0.25, 0.3) is 0 Å². The average Bonchev–Trinajstić information content (AvgIpc) is 3.97. The van der Waals surface area contributed by atoms with E-state index in [-0.39, 0.29) is 53.7 Å². The van der Waals surface area contributed by atoms with Crippen LogP contribution in [0.1, 0.15) is 118 Å². The van der Waals surface area contributed by atoms with E-state index in [0.717, 1.165) is 77.0 Å². The van der Waals surface area contributed by atoms with Crippen molar-refractivity contribution in [2.45, 2.75) is 142 Å². The van der Waals surface area contributed by atoms with E-state index in [4.69, 9.17) is 0 Å². The molecule has 0 spiro atoms. The molecule has 0 aromatic heterocycles. The van der Waals surface area contributed by atoms with Gasteiger partial charge in [-0.15, -0.1) is 6.58 Å². The van der Waals surface area contributed by atoms with Crippen molar-refractivity contribution in [3.05, 3.63) is 12.7 Å². The molecule has 1 aliphatic heterocycles. The smallest absolute Gasteiger partial charge is 0.316 e. The van der Waals surface area contributed by atoms with E-state index in [1.807, 2.05) is 6.92 Å². The summed E-state index contributed by atoms with van der Waals surface area (Å²) in [7, 11) is 0. The molecule has 4 N–H and O–H groups in total. The number of likely N-dealkylation sites (tertiary alicyclic amines) is 1. The third-order valence-electron chi connectivity index (χ3n) is 12.5. The van der Waals surface area contributed by atoms with Gasteiger partial charge in [-0.25, -0.2) is 4.79 Å². The second-order valence-electron chi connectivity index (χ2n) is 16.4. The summed E-state index contributed by atoms with van der Waals surface area (Å²) in [6.45, 7) is 12.2. The fourth-order valence-corrected chi connectivity index (χ4v) is 9.21. The molecule has 4 saturated carbocycles. The monoisotopic (exact) mass is 681 g/mol. The summed E-state index contributed by atoms with van der Waals surface area (Å²) in [6, 6.07) is -3.79. The third kappa shape index (κ3) is 8.06. The number of Topliss-reactive ketones (excluding diaryl/α,β-unsaturated/α-hetero) is 2. The number of urea groups is 1. The van der Waals surface area contributed by atoms with Gasteiger partial charge in [0, 0.05) is 19.0 Å². The van der Waals surface area contributed by atoms with Crippen LogP contribution >= 0.6 is 0 Å². The number of rotatable bonds is 15. The van der Waals surface area contributed by atoms with Gasteiger partial charge in [-0.2, -0.15) is 0 Å². The largest absolute Gasteiger partial charge is 0.346 e. The van der Waals surface area contributed by atoms with Crippen LogP contribution in [0, 0.1) is 34.5 Å². The first-order valence-corrected chi connectivity index (χ1v) is 19.0. The summed E-state index contributed by atoms with van der Waals surface area (Å²) >= 11 is 0. The van der Waals surface area contributed by atoms with Gasteiger partial charge in [0.1, 0.15) is 12.1 Å². The van der Waals surface area contributed by atoms with Crippen LogP contribution in [0.15, 0.2) is 12.7 Å². The minimum Gasteiger partial charge on any atom is -0.346 e. The van der Waals surface area contributed by atoms with E-state index in [9.17, 15) is 28.8 Å². The van der Waals surface area contributed by atoms with Crippen LogP contribution in [0.3, 0.4) is 0 Å². The van der Waals surface area contributed by atoms with Crippen molar-refractivity contribution >= 4 is 35.3 Å². The molecule has 1 saturated heterocycles. The Morgan fingerprint density at radius 2 is 1.53 bits per heavy atom. The Morgan fingerprint density at radius 3 is 2.14 bits per heavy atom. The first-order chi connectivity index (χ1) is 23.3. The highest BCUT2D eigenvalue weighted by Crippen LogP contribution is 2.65. The fourth-order valence-electron chi connectivity index (χ4n) is 9.21. The van der Waals surface area contributed by atoms with Crippen LogP contribution < -0.4 is 21.3 Å². The number of piperidine rings is 1. The molecule has 0 aromatic carbocycles. The summed E-state index contributed by atoms with van der Waals surface area (Å²) < 4.78 is 0. The molecule has 5 amide bonds. The van der Waals surface area contributed by atoms with Gasteiger partial charge in [0.2, 0.25) is 17.6 Å². The number of carbonyl (C=O) groups excluding carboxylic acids is 6. The zero-order valence-electron chi connectivity index (χ0n) is 30.1. The van der Waals surface area contributed by atoms with Crippen molar-refractivity contribution in [1.29, 1.82) is 0 Å². The second-order valence-corrected chi connectivity index (χ2v) is 16.4. The molecule has 0 radical (unpaired) electrons. The minimum atomic E-state index is -1.02. The maximum atomic E-state index is 14.8. The Labute approximate surface area is 291 Å². The highest BCUT2D eigenvalue weighted by Gasteiger charge is 2.70. The van der Waals surface area contributed by atoms with E-state index in [1.54, 1.807) is 4.90 Å². The SMILES string of the molecule is C=CCNC(=O)C(=O)C(CCC)NC(=O)[C@@H]1[C@@H]2[C@H](CN1C(=O)[C@@H](NC(=O)N[C@H](C(=O)C1CC1)C1CCCCC1)C1(C)CCCCC1)C2(C)C. The van der Waals surface area contributed by atoms with Gasteiger partial charge in [-0.3, -0.25) is 24.0 Å². The average molecular weight is 682 g/mol. The maximum absolute atomic E-state index is 14.8. The molecule has 0 bridgehead atoms. The number of hydrogen-bond acceptors (Lipinski definition) is 6. The number of amides is 5. The molecule has 1 unspecified atom stereocenters. The molecule has 6 atom stereocenters. The minimum absolute atomic E-state index is 0.0101. The van der Waals surface area contributed by atoms with Crippen molar-refractivity contribution in [3.63, 3.8) is 0 Å². The summed E-state index contributed by atoms with van der Waals surface area (Å²) in [6.07, 6.45) is 13.6. The molecule has 11 heteroatoms. The lowest BCUT2D eigenvalue weighted by molar-refractivity contribution is -0.146. The Hall–Kier alpha value is -3.24. The molecule has 4 aliphatic carbocycles. The third-order valence-corrected chi connectivity index (χ3v) is 12.5. The van der Waals surface area contributed by atoms with Gasteiger partial charge in [0.05, 0.1) is 12.1 Å². The number of ketones is 2. The van der Waals surface area contributed by atoms with Crippen LogP contribution in [0.5, 0.6) is 0 Å². The van der Waals surface area contributed by atoms with Crippen LogP contribution in [-0.2, 0) is 24.0 Å². The molecule has 5 fully saturated rings. The molecule has 5 rings (SSSR count). The first-order valence-electron chi connectivity index (χ1n) is 19.0. The van der Waals surface area contributed by atoms with Gasteiger partial charge in [0.15, 0.2) is 5.78 Å². The first kappa shape index (κ1) is 37.0. The normalized spacial score (nSPS) is 27.4. The Kier molecular flexibility index (Phi) is 11.6. The molecule has 49 heavy (non-hydrogen) atoms. The van der Waals surface area contributed by atoms with E-state index < -0.39 is 53.2 Å². The highest BCUT2D eigenvalue weighted by molar-refractivity contribution is 6.38. The van der Waals surface area contributed by atoms with Crippen molar-refractivity contribution < 1.29 is 28.8 Å². The molecule has 0 aromatic rings. The summed E-state index contributed by atoms with van der Waals surface area (Å²) in [5.74, 6) is -2.03. The second kappa shape index (κ2) is 15.3. The number of fused-ring (bicyclic) bond motifs is 1. The van der Waals surface area contributed by atoms with Crippen LogP contribution in [-0.4, -0.2) is 77.5 Å². The highest BCUT2D eigenvalue weighted by atomic mass is 16.2. The zero-order valence-corrected chi connectivity index (χ0v) is 30.1. The summed E-state index contributed by atoms with van der Waals surface area (Å²) in [4.78, 5) is 83.5. The van der Waals surface area contributed by atoms with E-state index >= 15 is 0 Å². The quantitative estimate of drug-likeness (QED) is 0.150. The van der Waals surface area contributed by atoms with Gasteiger partial charge in [-0.1, -0.05) is 78.7 Å². The van der Waals surface area contributed by atoms with Crippen molar-refractivity contribution in [1.82, 2.24) is 26.2 Å². The molecule has 5 aliphatic rings. The van der Waals surface area contributed by atoms with E-state index in [2.05, 4.69) is 48.6 Å².